The van der Waals surface area contributed by atoms with Gasteiger partial charge in [0.05, 0.1) is 14.2 Å². The van der Waals surface area contributed by atoms with Crippen LogP contribution in [0.3, 0.4) is 0 Å². The summed E-state index contributed by atoms with van der Waals surface area (Å²) in [6, 6.07) is 5.27. The van der Waals surface area contributed by atoms with Gasteiger partial charge in [0.15, 0.2) is 11.5 Å². The van der Waals surface area contributed by atoms with Gasteiger partial charge in [0.2, 0.25) is 0 Å². The van der Waals surface area contributed by atoms with E-state index in [0.29, 0.717) is 29.5 Å². The van der Waals surface area contributed by atoms with Crippen LogP contribution in [0.1, 0.15) is 30.6 Å². The van der Waals surface area contributed by atoms with Crippen LogP contribution >= 0.6 is 0 Å². The lowest BCUT2D eigenvalue weighted by atomic mass is 10.0. The lowest BCUT2D eigenvalue weighted by Gasteiger charge is -2.22. The number of methoxy groups -OCH3 is 2. The summed E-state index contributed by atoms with van der Waals surface area (Å²) in [5.74, 6) is 1.52. The number of nitrogens with zero attached hydrogens (tertiary/aromatic N) is 1. The summed E-state index contributed by atoms with van der Waals surface area (Å²) in [6.45, 7) is 4.80. The van der Waals surface area contributed by atoms with Gasteiger partial charge in [0.1, 0.15) is 0 Å². The van der Waals surface area contributed by atoms with E-state index in [-0.39, 0.29) is 11.9 Å². The maximum atomic E-state index is 12.4. The smallest absolute Gasteiger partial charge is 0.253 e. The van der Waals surface area contributed by atoms with E-state index in [4.69, 9.17) is 15.2 Å². The molecule has 0 spiro atoms. The average Bonchev–Trinajstić information content (AvgIpc) is 2.50. The van der Waals surface area contributed by atoms with Crippen molar-refractivity contribution < 1.29 is 14.3 Å². The maximum absolute atomic E-state index is 12.4. The topological polar surface area (TPSA) is 64.8 Å². The van der Waals surface area contributed by atoms with Crippen LogP contribution in [-0.4, -0.2) is 44.7 Å². The van der Waals surface area contributed by atoms with E-state index in [2.05, 4.69) is 13.8 Å². The monoisotopic (exact) mass is 294 g/mol. The lowest BCUT2D eigenvalue weighted by Crippen LogP contribution is -2.34. The summed E-state index contributed by atoms with van der Waals surface area (Å²) in [7, 11) is 4.91. The minimum absolute atomic E-state index is 0.0492. The van der Waals surface area contributed by atoms with Gasteiger partial charge in [-0.1, -0.05) is 13.8 Å². The quantitative estimate of drug-likeness (QED) is 0.837. The zero-order valence-electron chi connectivity index (χ0n) is 13.6. The van der Waals surface area contributed by atoms with E-state index in [9.17, 15) is 4.79 Å². The molecule has 0 fully saturated rings. The van der Waals surface area contributed by atoms with Crippen LogP contribution in [0, 0.1) is 5.92 Å². The molecule has 21 heavy (non-hydrogen) atoms. The van der Waals surface area contributed by atoms with Crippen molar-refractivity contribution in [2.24, 2.45) is 11.7 Å². The second-order valence-electron chi connectivity index (χ2n) is 5.49. The van der Waals surface area contributed by atoms with Crippen molar-refractivity contribution in [3.63, 3.8) is 0 Å². The predicted molar refractivity (Wildman–Crippen MR) is 83.9 cm³/mol. The number of amides is 1. The fourth-order valence-corrected chi connectivity index (χ4v) is 1.97. The normalized spacial score (nSPS) is 12.1. The van der Waals surface area contributed by atoms with Crippen molar-refractivity contribution in [1.82, 2.24) is 4.90 Å². The Labute approximate surface area is 127 Å². The largest absolute Gasteiger partial charge is 0.493 e. The molecule has 1 aromatic rings. The molecule has 1 amide bonds. The van der Waals surface area contributed by atoms with Crippen LogP contribution in [0.5, 0.6) is 11.5 Å². The molecule has 1 aromatic carbocycles. The molecule has 0 radical (unpaired) electrons. The van der Waals surface area contributed by atoms with Gasteiger partial charge in [-0.2, -0.15) is 0 Å². The number of hydrogen-bond donors (Lipinski definition) is 1. The third-order valence-electron chi connectivity index (χ3n) is 3.63. The molecule has 0 bridgehead atoms. The first kappa shape index (κ1) is 17.3. The van der Waals surface area contributed by atoms with Crippen molar-refractivity contribution in [3.8, 4) is 11.5 Å². The molecule has 0 aliphatic heterocycles. The van der Waals surface area contributed by atoms with Gasteiger partial charge in [0.25, 0.3) is 5.91 Å². The van der Waals surface area contributed by atoms with E-state index < -0.39 is 0 Å². The first-order valence-corrected chi connectivity index (χ1v) is 7.13. The van der Waals surface area contributed by atoms with Crippen LogP contribution in [0.25, 0.3) is 0 Å². The molecule has 2 N–H and O–H groups in total. The Kier molecular flexibility index (Phi) is 6.49. The third-order valence-corrected chi connectivity index (χ3v) is 3.63. The first-order chi connectivity index (χ1) is 9.90. The molecule has 0 aliphatic rings. The van der Waals surface area contributed by atoms with Crippen LogP contribution in [0.2, 0.25) is 0 Å². The second-order valence-corrected chi connectivity index (χ2v) is 5.49. The molecule has 0 aliphatic carbocycles. The third kappa shape index (κ3) is 4.63. The number of carbonyl (C=O) groups is 1. The molecule has 0 aromatic heterocycles. The lowest BCUT2D eigenvalue weighted by molar-refractivity contribution is 0.0788. The van der Waals surface area contributed by atoms with Crippen LogP contribution in [0.15, 0.2) is 18.2 Å². The van der Waals surface area contributed by atoms with Gasteiger partial charge in [-0.25, -0.2) is 0 Å². The summed E-state index contributed by atoms with van der Waals surface area (Å²) in [6.07, 6.45) is 0.785. The number of rotatable bonds is 7. The van der Waals surface area contributed by atoms with E-state index in [1.165, 1.54) is 0 Å². The summed E-state index contributed by atoms with van der Waals surface area (Å²) in [5.41, 5.74) is 6.59. The van der Waals surface area contributed by atoms with E-state index in [1.54, 1.807) is 44.4 Å². The van der Waals surface area contributed by atoms with Gasteiger partial charge in [0, 0.05) is 25.2 Å². The Morgan fingerprint density at radius 3 is 2.38 bits per heavy atom. The Hall–Kier alpha value is -1.75. The molecule has 5 heteroatoms. The van der Waals surface area contributed by atoms with Crippen molar-refractivity contribution in [2.75, 3.05) is 27.8 Å². The Bertz CT molecular complexity index is 475. The zero-order valence-corrected chi connectivity index (χ0v) is 13.6. The SMILES string of the molecule is COc1ccc(C(=O)N(C)CCC(N)C(C)C)cc1OC. The molecule has 0 saturated carbocycles. The molecular formula is C16H26N2O3. The summed E-state index contributed by atoms with van der Waals surface area (Å²) >= 11 is 0. The zero-order chi connectivity index (χ0) is 16.0. The maximum Gasteiger partial charge on any atom is 0.253 e. The highest BCUT2D eigenvalue weighted by Crippen LogP contribution is 2.27. The average molecular weight is 294 g/mol. The van der Waals surface area contributed by atoms with Gasteiger partial charge in [-0.05, 0) is 30.5 Å². The minimum atomic E-state index is -0.0492. The second kappa shape index (κ2) is 7.88. The standard InChI is InChI=1S/C16H26N2O3/c1-11(2)13(17)8-9-18(3)16(19)12-6-7-14(20-4)15(10-12)21-5/h6-7,10-11,13H,8-9,17H2,1-5H3. The van der Waals surface area contributed by atoms with Crippen molar-refractivity contribution in [3.05, 3.63) is 23.8 Å². The van der Waals surface area contributed by atoms with Crippen molar-refractivity contribution in [1.29, 1.82) is 0 Å². The van der Waals surface area contributed by atoms with Gasteiger partial charge in [-0.15, -0.1) is 0 Å². The molecule has 5 nitrogen and oxygen atoms in total. The highest BCUT2D eigenvalue weighted by atomic mass is 16.5. The summed E-state index contributed by atoms with van der Waals surface area (Å²) in [5, 5.41) is 0. The Balaban J connectivity index is 2.74. The summed E-state index contributed by atoms with van der Waals surface area (Å²) in [4.78, 5) is 14.1. The van der Waals surface area contributed by atoms with Gasteiger partial charge in [-0.3, -0.25) is 4.79 Å². The Morgan fingerprint density at radius 1 is 1.24 bits per heavy atom. The number of ether oxygens (including phenoxy) is 2. The molecule has 1 unspecified atom stereocenters. The van der Waals surface area contributed by atoms with E-state index >= 15 is 0 Å². The molecule has 1 rings (SSSR count). The van der Waals surface area contributed by atoms with Crippen LogP contribution < -0.4 is 15.2 Å². The fourth-order valence-electron chi connectivity index (χ4n) is 1.97. The van der Waals surface area contributed by atoms with Gasteiger partial charge < -0.3 is 20.1 Å². The molecule has 1 atom stereocenters. The number of benzene rings is 1. The van der Waals surface area contributed by atoms with Crippen molar-refractivity contribution >= 4 is 5.91 Å². The number of carbonyl (C=O) groups excluding carboxylic acids is 1. The van der Waals surface area contributed by atoms with Crippen LogP contribution in [-0.2, 0) is 0 Å². The molecule has 0 saturated heterocycles. The highest BCUT2D eigenvalue weighted by Gasteiger charge is 2.16. The molecule has 118 valence electrons. The summed E-state index contributed by atoms with van der Waals surface area (Å²) < 4.78 is 10.4. The first-order valence-electron chi connectivity index (χ1n) is 7.13. The van der Waals surface area contributed by atoms with Crippen LogP contribution in [0.4, 0.5) is 0 Å². The molecule has 0 heterocycles. The predicted octanol–water partition coefficient (Wildman–Crippen LogP) is 2.15. The van der Waals surface area contributed by atoms with Crippen molar-refractivity contribution in [2.45, 2.75) is 26.3 Å². The fraction of sp³-hybridized carbons (Fsp3) is 0.562. The highest BCUT2D eigenvalue weighted by molar-refractivity contribution is 5.94. The number of nitrogens with two attached hydrogens (primary N) is 1. The van der Waals surface area contributed by atoms with Gasteiger partial charge >= 0.3 is 0 Å². The number of hydrogen-bond acceptors (Lipinski definition) is 4. The molecular weight excluding hydrogens is 268 g/mol. The van der Waals surface area contributed by atoms with E-state index in [1.807, 2.05) is 0 Å². The minimum Gasteiger partial charge on any atom is -0.493 e. The Morgan fingerprint density at radius 2 is 1.86 bits per heavy atom. The van der Waals surface area contributed by atoms with E-state index in [0.717, 1.165) is 6.42 Å².